The molecule has 1 aliphatic rings. The van der Waals surface area contributed by atoms with Crippen molar-refractivity contribution in [2.24, 2.45) is 5.73 Å². The number of nitriles is 1. The number of hydrogen-bond acceptors (Lipinski definition) is 4. The summed E-state index contributed by atoms with van der Waals surface area (Å²) in [4.78, 5) is -0.256. The van der Waals surface area contributed by atoms with E-state index in [9.17, 15) is 12.8 Å². The molecule has 0 bridgehead atoms. The summed E-state index contributed by atoms with van der Waals surface area (Å²) in [6.07, 6.45) is 3.02. The molecule has 1 atom stereocenters. The molecule has 0 aromatic heterocycles. The van der Waals surface area contributed by atoms with Gasteiger partial charge < -0.3 is 5.73 Å². The lowest BCUT2D eigenvalue weighted by molar-refractivity contribution is 0.243. The summed E-state index contributed by atoms with van der Waals surface area (Å²) in [6.45, 7) is 0.777. The predicted octanol–water partition coefficient (Wildman–Crippen LogP) is 1.59. The van der Waals surface area contributed by atoms with Crippen LogP contribution in [0.15, 0.2) is 23.1 Å². The normalized spacial score (nSPS) is 20.1. The minimum Gasteiger partial charge on any atom is -0.330 e. The highest BCUT2D eigenvalue weighted by atomic mass is 32.2. The molecule has 2 N–H and O–H groups in total. The number of nitrogens with zero attached hydrogens (tertiary/aromatic N) is 2. The van der Waals surface area contributed by atoms with Gasteiger partial charge >= 0.3 is 0 Å². The zero-order valence-corrected chi connectivity index (χ0v) is 12.4. The number of piperidine rings is 1. The summed E-state index contributed by atoms with van der Waals surface area (Å²) in [7, 11) is -3.88. The molecule has 0 saturated carbocycles. The third-order valence-electron chi connectivity index (χ3n) is 3.75. The summed E-state index contributed by atoms with van der Waals surface area (Å²) >= 11 is 0. The molecule has 7 heteroatoms. The quantitative estimate of drug-likeness (QED) is 0.914. The highest BCUT2D eigenvalue weighted by Gasteiger charge is 2.35. The van der Waals surface area contributed by atoms with Gasteiger partial charge in [0.15, 0.2) is 0 Å². The van der Waals surface area contributed by atoms with Gasteiger partial charge in [-0.1, -0.05) is 12.5 Å². The van der Waals surface area contributed by atoms with Gasteiger partial charge in [0, 0.05) is 12.6 Å². The molecule has 1 unspecified atom stereocenters. The van der Waals surface area contributed by atoms with Crippen LogP contribution in [0.5, 0.6) is 0 Å². The van der Waals surface area contributed by atoms with Gasteiger partial charge in [-0.15, -0.1) is 0 Å². The molecule has 1 aromatic rings. The maximum Gasteiger partial charge on any atom is 0.244 e. The Hall–Kier alpha value is -1.49. The van der Waals surface area contributed by atoms with E-state index in [0.29, 0.717) is 19.5 Å². The van der Waals surface area contributed by atoms with E-state index in [-0.39, 0.29) is 10.9 Å². The van der Waals surface area contributed by atoms with Crippen LogP contribution < -0.4 is 5.73 Å². The van der Waals surface area contributed by atoms with Crippen molar-refractivity contribution in [3.8, 4) is 6.07 Å². The molecule has 0 amide bonds. The van der Waals surface area contributed by atoms with Gasteiger partial charge in [-0.25, -0.2) is 12.8 Å². The topological polar surface area (TPSA) is 87.2 Å². The third-order valence-corrected chi connectivity index (χ3v) is 5.74. The molecular weight excluding hydrogens is 293 g/mol. The largest absolute Gasteiger partial charge is 0.330 e. The van der Waals surface area contributed by atoms with E-state index < -0.39 is 21.4 Å². The maximum absolute atomic E-state index is 13.7. The molecule has 21 heavy (non-hydrogen) atoms. The van der Waals surface area contributed by atoms with E-state index in [2.05, 4.69) is 0 Å². The van der Waals surface area contributed by atoms with Crippen LogP contribution in [-0.4, -0.2) is 31.9 Å². The van der Waals surface area contributed by atoms with Crippen molar-refractivity contribution in [3.63, 3.8) is 0 Å². The molecule has 1 saturated heterocycles. The van der Waals surface area contributed by atoms with Gasteiger partial charge in [-0.05, 0) is 37.9 Å². The van der Waals surface area contributed by atoms with Crippen molar-refractivity contribution >= 4 is 10.0 Å². The Morgan fingerprint density at radius 2 is 2.19 bits per heavy atom. The highest BCUT2D eigenvalue weighted by molar-refractivity contribution is 7.89. The van der Waals surface area contributed by atoms with Crippen LogP contribution >= 0.6 is 0 Å². The van der Waals surface area contributed by atoms with E-state index in [1.807, 2.05) is 0 Å². The standard InChI is InChI=1S/C14H18FN3O2S/c15-13-5-3-6-14(12(13)10-17)21(19,20)18-9-2-1-4-11(18)7-8-16/h3,5-6,11H,1-2,4,7-9,16H2. The summed E-state index contributed by atoms with van der Waals surface area (Å²) < 4.78 is 40.6. The first-order valence-electron chi connectivity index (χ1n) is 6.93. The number of sulfonamides is 1. The van der Waals surface area contributed by atoms with E-state index in [4.69, 9.17) is 11.0 Å². The Labute approximate surface area is 124 Å². The van der Waals surface area contributed by atoms with Crippen molar-refractivity contribution in [1.82, 2.24) is 4.31 Å². The lowest BCUT2D eigenvalue weighted by Gasteiger charge is -2.34. The fraction of sp³-hybridized carbons (Fsp3) is 0.500. The van der Waals surface area contributed by atoms with Crippen LogP contribution in [0, 0.1) is 17.1 Å². The Morgan fingerprint density at radius 3 is 2.86 bits per heavy atom. The van der Waals surface area contributed by atoms with Crippen molar-refractivity contribution < 1.29 is 12.8 Å². The highest BCUT2D eigenvalue weighted by Crippen LogP contribution is 2.29. The lowest BCUT2D eigenvalue weighted by Crippen LogP contribution is -2.44. The van der Waals surface area contributed by atoms with Gasteiger partial charge in [0.05, 0.1) is 0 Å². The fourth-order valence-electron chi connectivity index (χ4n) is 2.73. The summed E-state index contributed by atoms with van der Waals surface area (Å²) in [5.74, 6) is -0.814. The van der Waals surface area contributed by atoms with Crippen molar-refractivity contribution in [2.45, 2.75) is 36.6 Å². The lowest BCUT2D eigenvalue weighted by atomic mass is 10.0. The molecule has 0 aliphatic carbocycles. The van der Waals surface area contributed by atoms with Crippen LogP contribution in [0.1, 0.15) is 31.2 Å². The first-order valence-corrected chi connectivity index (χ1v) is 8.37. The van der Waals surface area contributed by atoms with Crippen LogP contribution in [0.25, 0.3) is 0 Å². The monoisotopic (exact) mass is 311 g/mol. The van der Waals surface area contributed by atoms with E-state index in [1.54, 1.807) is 6.07 Å². The van der Waals surface area contributed by atoms with E-state index in [0.717, 1.165) is 25.3 Å². The number of nitrogens with two attached hydrogens (primary N) is 1. The van der Waals surface area contributed by atoms with Gasteiger partial charge in [0.1, 0.15) is 22.3 Å². The number of benzene rings is 1. The van der Waals surface area contributed by atoms with E-state index in [1.165, 1.54) is 16.4 Å². The smallest absolute Gasteiger partial charge is 0.244 e. The van der Waals surface area contributed by atoms with Crippen LogP contribution in [-0.2, 0) is 10.0 Å². The minimum atomic E-state index is -3.88. The SMILES string of the molecule is N#Cc1c(F)cccc1S(=O)(=O)N1CCCCC1CCN. The Balaban J connectivity index is 2.46. The second-order valence-corrected chi connectivity index (χ2v) is 6.93. The fourth-order valence-corrected chi connectivity index (χ4v) is 4.60. The number of halogens is 1. The molecule has 1 aromatic carbocycles. The second-order valence-electron chi connectivity index (χ2n) is 5.07. The first kappa shape index (κ1) is 15.9. The van der Waals surface area contributed by atoms with Crippen molar-refractivity contribution in [1.29, 1.82) is 5.26 Å². The molecule has 2 rings (SSSR count). The van der Waals surface area contributed by atoms with Crippen molar-refractivity contribution in [3.05, 3.63) is 29.6 Å². The van der Waals surface area contributed by atoms with Gasteiger partial charge in [-0.3, -0.25) is 0 Å². The van der Waals surface area contributed by atoms with Crippen molar-refractivity contribution in [2.75, 3.05) is 13.1 Å². The van der Waals surface area contributed by atoms with Gasteiger partial charge in [-0.2, -0.15) is 9.57 Å². The molecule has 1 fully saturated rings. The summed E-state index contributed by atoms with van der Waals surface area (Å²) in [5, 5.41) is 9.04. The average Bonchev–Trinajstić information content (AvgIpc) is 2.47. The van der Waals surface area contributed by atoms with E-state index >= 15 is 0 Å². The Morgan fingerprint density at radius 1 is 1.43 bits per heavy atom. The number of hydrogen-bond donors (Lipinski definition) is 1. The maximum atomic E-state index is 13.7. The zero-order valence-electron chi connectivity index (χ0n) is 11.6. The number of rotatable bonds is 4. The molecular formula is C14H18FN3O2S. The molecule has 114 valence electrons. The molecule has 0 spiro atoms. The molecule has 5 nitrogen and oxygen atoms in total. The van der Waals surface area contributed by atoms with Gasteiger partial charge in [0.25, 0.3) is 0 Å². The minimum absolute atomic E-state index is 0.177. The molecule has 0 radical (unpaired) electrons. The summed E-state index contributed by atoms with van der Waals surface area (Å²) in [6, 6.07) is 5.15. The summed E-state index contributed by atoms with van der Waals surface area (Å²) in [5.41, 5.74) is 5.13. The second kappa shape index (κ2) is 6.52. The van der Waals surface area contributed by atoms with Crippen LogP contribution in [0.4, 0.5) is 4.39 Å². The van der Waals surface area contributed by atoms with Gasteiger partial charge in [0.2, 0.25) is 10.0 Å². The Kier molecular flexibility index (Phi) is 4.93. The predicted molar refractivity (Wildman–Crippen MR) is 76.3 cm³/mol. The molecule has 1 aliphatic heterocycles. The third kappa shape index (κ3) is 3.07. The van der Waals surface area contributed by atoms with Crippen LogP contribution in [0.3, 0.4) is 0 Å². The first-order chi connectivity index (χ1) is 10.0. The average molecular weight is 311 g/mol. The Bertz CT molecular complexity index is 653. The van der Waals surface area contributed by atoms with Crippen LogP contribution in [0.2, 0.25) is 0 Å². The molecule has 1 heterocycles. The zero-order chi connectivity index (χ0) is 15.5.